The third-order valence-electron chi connectivity index (χ3n) is 2.36. The monoisotopic (exact) mass is 242 g/mol. The van der Waals surface area contributed by atoms with Crippen LogP contribution in [0.3, 0.4) is 0 Å². The lowest BCUT2D eigenvalue weighted by Gasteiger charge is -2.12. The molecule has 0 radical (unpaired) electrons. The van der Waals surface area contributed by atoms with Gasteiger partial charge in [-0.1, -0.05) is 0 Å². The van der Waals surface area contributed by atoms with Gasteiger partial charge in [0.2, 0.25) is 5.91 Å². The summed E-state index contributed by atoms with van der Waals surface area (Å²) < 4.78 is 0. The highest BCUT2D eigenvalue weighted by Crippen LogP contribution is 2.20. The maximum Gasteiger partial charge on any atom is 0.253 e. The van der Waals surface area contributed by atoms with Gasteiger partial charge in [0.25, 0.3) is 5.91 Å². The van der Waals surface area contributed by atoms with Crippen molar-refractivity contribution in [2.24, 2.45) is 5.73 Å². The number of carbonyl (C=O) groups excluding carboxylic acids is 2. The maximum atomic E-state index is 11.7. The first-order valence-corrected chi connectivity index (χ1v) is 5.61. The van der Waals surface area contributed by atoms with Crippen molar-refractivity contribution in [2.45, 2.75) is 19.9 Å². The summed E-state index contributed by atoms with van der Waals surface area (Å²) in [4.78, 5) is 23.6. The molecular formula is C10H14N2O3S. The van der Waals surface area contributed by atoms with Crippen molar-refractivity contribution in [3.05, 3.63) is 21.4 Å². The van der Waals surface area contributed by atoms with E-state index in [9.17, 15) is 9.59 Å². The number of primary amides is 1. The zero-order valence-electron chi connectivity index (χ0n) is 9.11. The first-order valence-electron chi connectivity index (χ1n) is 4.73. The quantitative estimate of drug-likeness (QED) is 0.690. The molecule has 0 aliphatic carbocycles. The van der Waals surface area contributed by atoms with Crippen molar-refractivity contribution in [1.82, 2.24) is 5.32 Å². The molecule has 16 heavy (non-hydrogen) atoms. The highest BCUT2D eigenvalue weighted by Gasteiger charge is 2.19. The Kier molecular flexibility index (Phi) is 4.03. The Morgan fingerprint density at radius 3 is 2.56 bits per heavy atom. The Bertz CT molecular complexity index is 414. The van der Waals surface area contributed by atoms with Gasteiger partial charge < -0.3 is 16.2 Å². The topological polar surface area (TPSA) is 92.4 Å². The molecule has 0 unspecified atom stereocenters. The van der Waals surface area contributed by atoms with Crippen LogP contribution in [0.25, 0.3) is 0 Å². The normalized spacial score (nSPS) is 12.2. The van der Waals surface area contributed by atoms with E-state index in [4.69, 9.17) is 10.8 Å². The minimum atomic E-state index is -1.04. The van der Waals surface area contributed by atoms with Gasteiger partial charge in [-0.15, -0.1) is 11.3 Å². The van der Waals surface area contributed by atoms with Gasteiger partial charge in [-0.2, -0.15) is 0 Å². The minimum absolute atomic E-state index is 0.389. The molecule has 1 aromatic rings. The van der Waals surface area contributed by atoms with E-state index in [1.54, 1.807) is 5.38 Å². The molecule has 6 heteroatoms. The predicted molar refractivity (Wildman–Crippen MR) is 61.3 cm³/mol. The summed E-state index contributed by atoms with van der Waals surface area (Å²) >= 11 is 1.46. The van der Waals surface area contributed by atoms with Crippen LogP contribution < -0.4 is 11.1 Å². The largest absolute Gasteiger partial charge is 0.394 e. The van der Waals surface area contributed by atoms with E-state index in [2.05, 4.69) is 5.32 Å². The van der Waals surface area contributed by atoms with E-state index in [0.29, 0.717) is 5.56 Å². The van der Waals surface area contributed by atoms with Gasteiger partial charge in [0.1, 0.15) is 6.04 Å². The summed E-state index contributed by atoms with van der Waals surface area (Å²) in [5.41, 5.74) is 6.40. The molecule has 0 fully saturated rings. The van der Waals surface area contributed by atoms with Crippen molar-refractivity contribution >= 4 is 23.2 Å². The van der Waals surface area contributed by atoms with E-state index in [0.717, 1.165) is 10.4 Å². The number of aliphatic hydroxyl groups is 1. The van der Waals surface area contributed by atoms with Gasteiger partial charge in [0, 0.05) is 10.3 Å². The lowest BCUT2D eigenvalue weighted by Crippen LogP contribution is -2.46. The molecule has 1 rings (SSSR count). The Morgan fingerprint density at radius 1 is 1.56 bits per heavy atom. The van der Waals surface area contributed by atoms with Crippen LogP contribution in [0.5, 0.6) is 0 Å². The van der Waals surface area contributed by atoms with Crippen molar-refractivity contribution in [3.63, 3.8) is 0 Å². The Hall–Kier alpha value is -1.40. The molecule has 1 heterocycles. The van der Waals surface area contributed by atoms with Gasteiger partial charge in [0.05, 0.1) is 12.2 Å². The molecule has 5 nitrogen and oxygen atoms in total. The first kappa shape index (κ1) is 12.7. The van der Waals surface area contributed by atoms with Gasteiger partial charge in [-0.3, -0.25) is 9.59 Å². The standard InChI is InChI=1S/C10H14N2O3S/c1-5-6(2)16-4-7(5)10(15)12-8(3-13)9(11)14/h4,8,13H,3H2,1-2H3,(H2,11,14)(H,12,15)/t8-/m0/s1. The van der Waals surface area contributed by atoms with Crippen LogP contribution in [0.2, 0.25) is 0 Å². The van der Waals surface area contributed by atoms with E-state index < -0.39 is 18.6 Å². The molecule has 1 atom stereocenters. The second-order valence-corrected chi connectivity index (χ2v) is 4.53. The molecule has 0 aromatic carbocycles. The second kappa shape index (κ2) is 5.09. The smallest absolute Gasteiger partial charge is 0.253 e. The number of hydrogen-bond donors (Lipinski definition) is 3. The summed E-state index contributed by atoms with van der Waals surface area (Å²) in [5.74, 6) is -1.14. The molecule has 0 saturated heterocycles. The number of aryl methyl sites for hydroxylation is 1. The van der Waals surface area contributed by atoms with Crippen LogP contribution in [0.4, 0.5) is 0 Å². The average Bonchev–Trinajstić information content (AvgIpc) is 2.55. The van der Waals surface area contributed by atoms with Gasteiger partial charge in [-0.25, -0.2) is 0 Å². The van der Waals surface area contributed by atoms with E-state index in [-0.39, 0.29) is 5.91 Å². The second-order valence-electron chi connectivity index (χ2n) is 3.44. The number of nitrogens with one attached hydrogen (secondary N) is 1. The highest BCUT2D eigenvalue weighted by molar-refractivity contribution is 7.10. The van der Waals surface area contributed by atoms with Crippen LogP contribution in [0.15, 0.2) is 5.38 Å². The fourth-order valence-electron chi connectivity index (χ4n) is 1.18. The number of aliphatic hydroxyl groups excluding tert-OH is 1. The molecule has 0 bridgehead atoms. The highest BCUT2D eigenvalue weighted by atomic mass is 32.1. The SMILES string of the molecule is Cc1scc(C(=O)N[C@@H](CO)C(N)=O)c1C. The molecule has 0 aliphatic heterocycles. The molecule has 1 aromatic heterocycles. The predicted octanol–water partition coefficient (Wildman–Crippen LogP) is -0.0591. The van der Waals surface area contributed by atoms with E-state index in [1.807, 2.05) is 13.8 Å². The molecule has 0 aliphatic rings. The number of carbonyl (C=O) groups is 2. The van der Waals surface area contributed by atoms with Crippen molar-refractivity contribution in [2.75, 3.05) is 6.61 Å². The zero-order chi connectivity index (χ0) is 12.3. The van der Waals surface area contributed by atoms with E-state index >= 15 is 0 Å². The molecule has 2 amide bonds. The Morgan fingerprint density at radius 2 is 2.19 bits per heavy atom. The van der Waals surface area contributed by atoms with Crippen LogP contribution in [-0.2, 0) is 4.79 Å². The molecule has 0 spiro atoms. The van der Waals surface area contributed by atoms with Crippen LogP contribution in [-0.4, -0.2) is 29.6 Å². The summed E-state index contributed by atoms with van der Waals surface area (Å²) in [6, 6.07) is -1.04. The summed E-state index contributed by atoms with van der Waals surface area (Å²) in [6.07, 6.45) is 0. The van der Waals surface area contributed by atoms with Crippen molar-refractivity contribution in [1.29, 1.82) is 0 Å². The fraction of sp³-hybridized carbons (Fsp3) is 0.400. The summed E-state index contributed by atoms with van der Waals surface area (Å²) in [5, 5.41) is 13.0. The number of thiophene rings is 1. The summed E-state index contributed by atoms with van der Waals surface area (Å²) in [7, 11) is 0. The summed E-state index contributed by atoms with van der Waals surface area (Å²) in [6.45, 7) is 3.25. The van der Waals surface area contributed by atoms with Gasteiger partial charge in [0.15, 0.2) is 0 Å². The number of rotatable bonds is 4. The third-order valence-corrected chi connectivity index (χ3v) is 3.37. The van der Waals surface area contributed by atoms with Crippen LogP contribution in [0.1, 0.15) is 20.8 Å². The fourth-order valence-corrected chi connectivity index (χ4v) is 2.05. The lowest BCUT2D eigenvalue weighted by molar-refractivity contribution is -0.120. The van der Waals surface area contributed by atoms with Crippen molar-refractivity contribution in [3.8, 4) is 0 Å². The average molecular weight is 242 g/mol. The minimum Gasteiger partial charge on any atom is -0.394 e. The molecule has 88 valence electrons. The van der Waals surface area contributed by atoms with Crippen LogP contribution >= 0.6 is 11.3 Å². The van der Waals surface area contributed by atoms with Gasteiger partial charge in [-0.05, 0) is 19.4 Å². The number of nitrogens with two attached hydrogens (primary N) is 1. The lowest BCUT2D eigenvalue weighted by atomic mass is 10.1. The van der Waals surface area contributed by atoms with Crippen molar-refractivity contribution < 1.29 is 14.7 Å². The number of amides is 2. The van der Waals surface area contributed by atoms with Crippen LogP contribution in [0, 0.1) is 13.8 Å². The molecular weight excluding hydrogens is 228 g/mol. The molecule has 4 N–H and O–H groups in total. The first-order chi connectivity index (χ1) is 7.47. The van der Waals surface area contributed by atoms with E-state index in [1.165, 1.54) is 11.3 Å². The maximum absolute atomic E-state index is 11.7. The molecule has 0 saturated carbocycles. The Balaban J connectivity index is 2.80. The zero-order valence-corrected chi connectivity index (χ0v) is 9.93. The third kappa shape index (κ3) is 2.59. The van der Waals surface area contributed by atoms with Gasteiger partial charge >= 0.3 is 0 Å². The Labute approximate surface area is 97.3 Å². The number of hydrogen-bond acceptors (Lipinski definition) is 4.